The molecule has 1 atom stereocenters. The molecule has 1 aromatic rings. The SMILES string of the molecule is N=C(N)N1CCCC(CCCC(=O)Oc2ccc(Cl)cc2)C1. The molecule has 0 aliphatic carbocycles. The van der Waals surface area contributed by atoms with Crippen LogP contribution in [0.3, 0.4) is 0 Å². The standard InChI is InChI=1S/C16H22ClN3O2/c17-13-6-8-14(9-7-13)22-15(21)5-1-3-12-4-2-10-20(11-12)16(18)19/h6-9,12H,1-5,10-11H2,(H3,18,19). The average molecular weight is 324 g/mol. The fourth-order valence-electron chi connectivity index (χ4n) is 2.74. The summed E-state index contributed by atoms with van der Waals surface area (Å²) in [5.41, 5.74) is 5.53. The van der Waals surface area contributed by atoms with Crippen LogP contribution in [0.1, 0.15) is 32.1 Å². The third-order valence-electron chi connectivity index (χ3n) is 3.90. The Kier molecular flexibility index (Phi) is 6.07. The van der Waals surface area contributed by atoms with Crippen molar-refractivity contribution in [3.8, 4) is 5.75 Å². The van der Waals surface area contributed by atoms with Gasteiger partial charge in [-0.15, -0.1) is 0 Å². The highest BCUT2D eigenvalue weighted by Gasteiger charge is 2.20. The number of halogens is 1. The lowest BCUT2D eigenvalue weighted by molar-refractivity contribution is -0.134. The zero-order valence-electron chi connectivity index (χ0n) is 12.6. The lowest BCUT2D eigenvalue weighted by Crippen LogP contribution is -2.43. The topological polar surface area (TPSA) is 79.4 Å². The second kappa shape index (κ2) is 8.03. The van der Waals surface area contributed by atoms with Gasteiger partial charge in [-0.2, -0.15) is 0 Å². The van der Waals surface area contributed by atoms with Gasteiger partial charge in [-0.05, 0) is 55.9 Å². The highest BCUT2D eigenvalue weighted by Crippen LogP contribution is 2.22. The second-order valence-electron chi connectivity index (χ2n) is 5.66. The number of rotatable bonds is 5. The summed E-state index contributed by atoms with van der Waals surface area (Å²) in [6, 6.07) is 6.77. The molecule has 1 aromatic carbocycles. The Morgan fingerprint density at radius 1 is 1.41 bits per heavy atom. The lowest BCUT2D eigenvalue weighted by atomic mass is 9.93. The van der Waals surface area contributed by atoms with Crippen molar-refractivity contribution in [1.82, 2.24) is 4.90 Å². The normalized spacial score (nSPS) is 18.0. The maximum absolute atomic E-state index is 11.8. The van der Waals surface area contributed by atoms with Gasteiger partial charge in [-0.1, -0.05) is 11.6 Å². The monoisotopic (exact) mass is 323 g/mol. The predicted octanol–water partition coefficient (Wildman–Crippen LogP) is 3.02. The van der Waals surface area contributed by atoms with Crippen LogP contribution in [0.5, 0.6) is 5.75 Å². The molecule has 1 unspecified atom stereocenters. The first-order valence-corrected chi connectivity index (χ1v) is 7.97. The van der Waals surface area contributed by atoms with Crippen LogP contribution in [0.4, 0.5) is 0 Å². The zero-order valence-corrected chi connectivity index (χ0v) is 13.3. The number of guanidine groups is 1. The van der Waals surface area contributed by atoms with Crippen LogP contribution in [0.25, 0.3) is 0 Å². The Morgan fingerprint density at radius 3 is 2.82 bits per heavy atom. The summed E-state index contributed by atoms with van der Waals surface area (Å²) in [4.78, 5) is 13.7. The van der Waals surface area contributed by atoms with Gasteiger partial charge in [0.2, 0.25) is 0 Å². The van der Waals surface area contributed by atoms with E-state index in [1.54, 1.807) is 24.3 Å². The molecule has 0 saturated carbocycles. The molecule has 1 heterocycles. The minimum atomic E-state index is -0.221. The van der Waals surface area contributed by atoms with Crippen LogP contribution in [-0.2, 0) is 4.79 Å². The van der Waals surface area contributed by atoms with Crippen molar-refractivity contribution in [1.29, 1.82) is 5.41 Å². The number of carbonyl (C=O) groups excluding carboxylic acids is 1. The highest BCUT2D eigenvalue weighted by molar-refractivity contribution is 6.30. The van der Waals surface area contributed by atoms with Crippen molar-refractivity contribution < 1.29 is 9.53 Å². The average Bonchev–Trinajstić information content (AvgIpc) is 2.50. The van der Waals surface area contributed by atoms with Crippen LogP contribution in [0.2, 0.25) is 5.02 Å². The fraction of sp³-hybridized carbons (Fsp3) is 0.500. The summed E-state index contributed by atoms with van der Waals surface area (Å²) in [5.74, 6) is 0.948. The Balaban J connectivity index is 1.68. The van der Waals surface area contributed by atoms with Gasteiger partial charge in [0, 0.05) is 24.5 Å². The van der Waals surface area contributed by atoms with Crippen molar-refractivity contribution in [2.75, 3.05) is 13.1 Å². The van der Waals surface area contributed by atoms with Crippen LogP contribution in [0.15, 0.2) is 24.3 Å². The van der Waals surface area contributed by atoms with E-state index in [1.165, 1.54) is 0 Å². The first kappa shape index (κ1) is 16.6. The van der Waals surface area contributed by atoms with E-state index in [-0.39, 0.29) is 11.9 Å². The first-order chi connectivity index (χ1) is 10.5. The Labute approximate surface area is 135 Å². The van der Waals surface area contributed by atoms with Gasteiger partial charge >= 0.3 is 5.97 Å². The molecule has 3 N–H and O–H groups in total. The number of hydrogen-bond donors (Lipinski definition) is 2. The van der Waals surface area contributed by atoms with Gasteiger partial charge in [-0.3, -0.25) is 10.2 Å². The molecule has 1 saturated heterocycles. The maximum Gasteiger partial charge on any atom is 0.311 e. The Bertz CT molecular complexity index is 519. The van der Waals surface area contributed by atoms with Gasteiger partial charge < -0.3 is 15.4 Å². The lowest BCUT2D eigenvalue weighted by Gasteiger charge is -2.32. The molecule has 0 amide bonds. The number of piperidine rings is 1. The molecule has 22 heavy (non-hydrogen) atoms. The van der Waals surface area contributed by atoms with Crippen molar-refractivity contribution in [2.24, 2.45) is 11.7 Å². The summed E-state index contributed by atoms with van der Waals surface area (Å²) in [5, 5.41) is 8.10. The number of esters is 1. The van der Waals surface area contributed by atoms with Gasteiger partial charge in [-0.25, -0.2) is 0 Å². The van der Waals surface area contributed by atoms with Crippen molar-refractivity contribution in [3.63, 3.8) is 0 Å². The molecule has 2 rings (SSSR count). The number of nitrogens with two attached hydrogens (primary N) is 1. The first-order valence-electron chi connectivity index (χ1n) is 7.60. The van der Waals surface area contributed by atoms with E-state index in [4.69, 9.17) is 27.5 Å². The van der Waals surface area contributed by atoms with Crippen LogP contribution in [-0.4, -0.2) is 29.9 Å². The molecule has 0 radical (unpaired) electrons. The van der Waals surface area contributed by atoms with Gasteiger partial charge in [0.1, 0.15) is 5.75 Å². The van der Waals surface area contributed by atoms with E-state index in [0.717, 1.165) is 38.8 Å². The maximum atomic E-state index is 11.8. The molecule has 1 aliphatic rings. The van der Waals surface area contributed by atoms with Gasteiger partial charge in [0.05, 0.1) is 0 Å². The summed E-state index contributed by atoms with van der Waals surface area (Å²) in [6.07, 6.45) is 4.34. The molecule has 6 heteroatoms. The number of ether oxygens (including phenoxy) is 1. The van der Waals surface area contributed by atoms with Crippen molar-refractivity contribution in [2.45, 2.75) is 32.1 Å². The quantitative estimate of drug-likeness (QED) is 0.378. The van der Waals surface area contributed by atoms with E-state index >= 15 is 0 Å². The van der Waals surface area contributed by atoms with Gasteiger partial charge in [0.15, 0.2) is 5.96 Å². The van der Waals surface area contributed by atoms with Crippen LogP contribution >= 0.6 is 11.6 Å². The molecule has 5 nitrogen and oxygen atoms in total. The second-order valence-corrected chi connectivity index (χ2v) is 6.10. The minimum Gasteiger partial charge on any atom is -0.427 e. The number of carbonyl (C=O) groups is 1. The molecule has 1 aliphatic heterocycles. The number of likely N-dealkylation sites (tertiary alicyclic amines) is 1. The Morgan fingerprint density at radius 2 is 2.14 bits per heavy atom. The third-order valence-corrected chi connectivity index (χ3v) is 4.15. The number of benzene rings is 1. The van der Waals surface area contributed by atoms with E-state index in [1.807, 2.05) is 4.90 Å². The summed E-state index contributed by atoms with van der Waals surface area (Å²) >= 11 is 5.78. The van der Waals surface area contributed by atoms with Crippen molar-refractivity contribution in [3.05, 3.63) is 29.3 Å². The fourth-order valence-corrected chi connectivity index (χ4v) is 2.87. The molecule has 120 valence electrons. The van der Waals surface area contributed by atoms with Crippen LogP contribution in [0, 0.1) is 11.3 Å². The minimum absolute atomic E-state index is 0.145. The molecular formula is C16H22ClN3O2. The number of nitrogens with zero attached hydrogens (tertiary/aromatic N) is 1. The smallest absolute Gasteiger partial charge is 0.311 e. The molecule has 0 aromatic heterocycles. The zero-order chi connectivity index (χ0) is 15.9. The summed E-state index contributed by atoms with van der Waals surface area (Å²) < 4.78 is 5.26. The van der Waals surface area contributed by atoms with E-state index in [9.17, 15) is 4.79 Å². The van der Waals surface area contributed by atoms with E-state index < -0.39 is 0 Å². The van der Waals surface area contributed by atoms with Gasteiger partial charge in [0.25, 0.3) is 0 Å². The summed E-state index contributed by atoms with van der Waals surface area (Å²) in [7, 11) is 0. The molecule has 0 spiro atoms. The van der Waals surface area contributed by atoms with E-state index in [2.05, 4.69) is 0 Å². The van der Waals surface area contributed by atoms with Crippen LogP contribution < -0.4 is 10.5 Å². The number of nitrogens with one attached hydrogen (secondary N) is 1. The summed E-state index contributed by atoms with van der Waals surface area (Å²) in [6.45, 7) is 1.69. The Hall–Kier alpha value is -1.75. The number of hydrogen-bond acceptors (Lipinski definition) is 3. The highest BCUT2D eigenvalue weighted by atomic mass is 35.5. The van der Waals surface area contributed by atoms with Crippen molar-refractivity contribution >= 4 is 23.5 Å². The largest absolute Gasteiger partial charge is 0.427 e. The third kappa shape index (κ3) is 5.22. The predicted molar refractivity (Wildman–Crippen MR) is 87.1 cm³/mol. The molecule has 1 fully saturated rings. The molecular weight excluding hydrogens is 302 g/mol. The van der Waals surface area contributed by atoms with E-state index in [0.29, 0.717) is 23.1 Å². The molecule has 0 bridgehead atoms.